The molecule has 1 aliphatic rings. The SMILES string of the molecule is C=C1CCN(C(=O)C(=O)NCc2nn(C)c(=O)c3ccccc23)C1. The van der Waals surface area contributed by atoms with Gasteiger partial charge in [0.2, 0.25) is 0 Å². The van der Waals surface area contributed by atoms with Gasteiger partial charge in [-0.25, -0.2) is 4.68 Å². The Kier molecular flexibility index (Phi) is 4.16. The summed E-state index contributed by atoms with van der Waals surface area (Å²) in [6, 6.07) is 7.06. The molecule has 2 aromatic rings. The van der Waals surface area contributed by atoms with Crippen LogP contribution in [-0.2, 0) is 23.2 Å². The number of hydrogen-bond donors (Lipinski definition) is 1. The van der Waals surface area contributed by atoms with Crippen molar-refractivity contribution in [3.8, 4) is 0 Å². The van der Waals surface area contributed by atoms with E-state index in [1.165, 1.54) is 9.58 Å². The molecule has 0 spiro atoms. The van der Waals surface area contributed by atoms with Gasteiger partial charge in [0.25, 0.3) is 5.56 Å². The van der Waals surface area contributed by atoms with Crippen LogP contribution >= 0.6 is 0 Å². The maximum Gasteiger partial charge on any atom is 0.312 e. The van der Waals surface area contributed by atoms with Gasteiger partial charge in [0.05, 0.1) is 17.6 Å². The van der Waals surface area contributed by atoms with Gasteiger partial charge in [0.1, 0.15) is 0 Å². The molecule has 1 N–H and O–H groups in total. The molecule has 0 bridgehead atoms. The van der Waals surface area contributed by atoms with Crippen molar-refractivity contribution in [1.29, 1.82) is 0 Å². The molecule has 1 aromatic heterocycles. The van der Waals surface area contributed by atoms with Crippen LogP contribution in [0, 0.1) is 0 Å². The molecule has 124 valence electrons. The van der Waals surface area contributed by atoms with Crippen molar-refractivity contribution in [2.45, 2.75) is 13.0 Å². The number of carbonyl (C=O) groups excluding carboxylic acids is 2. The Morgan fingerprint density at radius 2 is 2.00 bits per heavy atom. The summed E-state index contributed by atoms with van der Waals surface area (Å²) in [5.74, 6) is -1.24. The second kappa shape index (κ2) is 6.27. The number of fused-ring (bicyclic) bond motifs is 1. The summed E-state index contributed by atoms with van der Waals surface area (Å²) >= 11 is 0. The van der Waals surface area contributed by atoms with E-state index in [0.29, 0.717) is 29.6 Å². The highest BCUT2D eigenvalue weighted by Gasteiger charge is 2.26. The second-order valence-corrected chi connectivity index (χ2v) is 5.83. The van der Waals surface area contributed by atoms with Gasteiger partial charge in [-0.1, -0.05) is 30.4 Å². The summed E-state index contributed by atoms with van der Waals surface area (Å²) in [5, 5.41) is 7.98. The Balaban J connectivity index is 1.77. The van der Waals surface area contributed by atoms with Gasteiger partial charge in [-0.2, -0.15) is 5.10 Å². The van der Waals surface area contributed by atoms with Crippen molar-refractivity contribution < 1.29 is 9.59 Å². The summed E-state index contributed by atoms with van der Waals surface area (Å²) in [4.78, 5) is 37.7. The second-order valence-electron chi connectivity index (χ2n) is 5.83. The number of aryl methyl sites for hydroxylation is 1. The minimum atomic E-state index is -0.676. The highest BCUT2D eigenvalue weighted by Crippen LogP contribution is 2.14. The molecule has 0 saturated carbocycles. The molecule has 0 aliphatic carbocycles. The zero-order chi connectivity index (χ0) is 17.3. The van der Waals surface area contributed by atoms with Crippen LogP contribution < -0.4 is 10.9 Å². The van der Waals surface area contributed by atoms with Crippen LogP contribution in [0.4, 0.5) is 0 Å². The minimum absolute atomic E-state index is 0.0774. The number of nitrogens with zero attached hydrogens (tertiary/aromatic N) is 3. The maximum atomic E-state index is 12.1. The average Bonchev–Trinajstić information content (AvgIpc) is 3.02. The molecule has 1 aromatic carbocycles. The number of nitrogens with one attached hydrogen (secondary N) is 1. The van der Waals surface area contributed by atoms with Crippen LogP contribution in [0.3, 0.4) is 0 Å². The molecule has 7 nitrogen and oxygen atoms in total. The van der Waals surface area contributed by atoms with Crippen LogP contribution in [0.5, 0.6) is 0 Å². The number of aromatic nitrogens is 2. The van der Waals surface area contributed by atoms with Gasteiger partial charge in [0.15, 0.2) is 0 Å². The summed E-state index contributed by atoms with van der Waals surface area (Å²) in [6.45, 7) is 4.85. The summed E-state index contributed by atoms with van der Waals surface area (Å²) in [5.41, 5.74) is 1.29. The zero-order valence-electron chi connectivity index (χ0n) is 13.4. The fourth-order valence-electron chi connectivity index (χ4n) is 2.78. The van der Waals surface area contributed by atoms with Gasteiger partial charge in [-0.15, -0.1) is 0 Å². The smallest absolute Gasteiger partial charge is 0.312 e. The van der Waals surface area contributed by atoms with E-state index in [1.807, 2.05) is 0 Å². The summed E-state index contributed by atoms with van der Waals surface area (Å²) < 4.78 is 1.23. The summed E-state index contributed by atoms with van der Waals surface area (Å²) in [6.07, 6.45) is 0.728. The Morgan fingerprint density at radius 3 is 2.67 bits per heavy atom. The first kappa shape index (κ1) is 15.9. The molecule has 2 heterocycles. The van der Waals surface area contributed by atoms with Crippen molar-refractivity contribution in [1.82, 2.24) is 20.0 Å². The molecular weight excluding hydrogens is 308 g/mol. The van der Waals surface area contributed by atoms with Crippen LogP contribution in [0.1, 0.15) is 12.1 Å². The first-order valence-corrected chi connectivity index (χ1v) is 7.66. The van der Waals surface area contributed by atoms with Gasteiger partial charge >= 0.3 is 11.8 Å². The maximum absolute atomic E-state index is 12.1. The Morgan fingerprint density at radius 1 is 1.29 bits per heavy atom. The number of hydrogen-bond acceptors (Lipinski definition) is 4. The number of benzene rings is 1. The topological polar surface area (TPSA) is 84.3 Å². The predicted molar refractivity (Wildman–Crippen MR) is 89.2 cm³/mol. The highest BCUT2D eigenvalue weighted by atomic mass is 16.2. The molecule has 2 amide bonds. The van der Waals surface area contributed by atoms with Crippen LogP contribution in [-0.4, -0.2) is 39.6 Å². The molecule has 1 aliphatic heterocycles. The van der Waals surface area contributed by atoms with E-state index in [2.05, 4.69) is 17.0 Å². The standard InChI is InChI=1S/C17H18N4O3/c1-11-7-8-21(10-11)17(24)15(22)18-9-14-12-5-3-4-6-13(12)16(23)20(2)19-14/h3-6H,1,7-10H2,2H3,(H,18,22). The zero-order valence-corrected chi connectivity index (χ0v) is 13.4. The quantitative estimate of drug-likeness (QED) is 0.637. The molecule has 1 fully saturated rings. The largest absolute Gasteiger partial charge is 0.342 e. The fourth-order valence-corrected chi connectivity index (χ4v) is 2.78. The third kappa shape index (κ3) is 2.92. The number of amides is 2. The van der Waals surface area contributed by atoms with Crippen LogP contribution in [0.25, 0.3) is 10.8 Å². The van der Waals surface area contributed by atoms with Gasteiger partial charge < -0.3 is 10.2 Å². The van der Waals surface area contributed by atoms with E-state index in [1.54, 1.807) is 31.3 Å². The van der Waals surface area contributed by atoms with Gasteiger partial charge in [-0.05, 0) is 12.5 Å². The lowest BCUT2D eigenvalue weighted by Crippen LogP contribution is -2.41. The lowest BCUT2D eigenvalue weighted by atomic mass is 10.1. The Hall–Kier alpha value is -2.96. The molecule has 1 saturated heterocycles. The highest BCUT2D eigenvalue weighted by molar-refractivity contribution is 6.35. The third-order valence-electron chi connectivity index (χ3n) is 4.08. The predicted octanol–water partition coefficient (Wildman–Crippen LogP) is 0.338. The molecule has 0 unspecified atom stereocenters. The van der Waals surface area contributed by atoms with E-state index in [9.17, 15) is 14.4 Å². The first-order chi connectivity index (χ1) is 11.5. The third-order valence-corrected chi connectivity index (χ3v) is 4.08. The number of rotatable bonds is 2. The molecule has 0 atom stereocenters. The number of likely N-dealkylation sites (tertiary alicyclic amines) is 1. The average molecular weight is 326 g/mol. The van der Waals surface area contributed by atoms with E-state index in [0.717, 1.165) is 12.0 Å². The van der Waals surface area contributed by atoms with Crippen LogP contribution in [0.2, 0.25) is 0 Å². The Bertz CT molecular complexity index is 900. The summed E-state index contributed by atoms with van der Waals surface area (Å²) in [7, 11) is 1.56. The fraction of sp³-hybridized carbons (Fsp3) is 0.294. The van der Waals surface area contributed by atoms with E-state index in [-0.39, 0.29) is 12.1 Å². The van der Waals surface area contributed by atoms with Crippen molar-refractivity contribution in [3.63, 3.8) is 0 Å². The van der Waals surface area contributed by atoms with Crippen molar-refractivity contribution in [2.75, 3.05) is 13.1 Å². The molecule has 0 radical (unpaired) electrons. The van der Waals surface area contributed by atoms with Crippen molar-refractivity contribution in [3.05, 3.63) is 52.5 Å². The lowest BCUT2D eigenvalue weighted by Gasteiger charge is -2.14. The van der Waals surface area contributed by atoms with E-state index < -0.39 is 11.8 Å². The van der Waals surface area contributed by atoms with Crippen LogP contribution in [0.15, 0.2) is 41.2 Å². The molecule has 7 heteroatoms. The monoisotopic (exact) mass is 326 g/mol. The molecule has 24 heavy (non-hydrogen) atoms. The minimum Gasteiger partial charge on any atom is -0.342 e. The lowest BCUT2D eigenvalue weighted by molar-refractivity contribution is -0.145. The molecule has 3 rings (SSSR count). The van der Waals surface area contributed by atoms with Crippen molar-refractivity contribution >= 4 is 22.6 Å². The van der Waals surface area contributed by atoms with E-state index >= 15 is 0 Å². The van der Waals surface area contributed by atoms with E-state index in [4.69, 9.17) is 0 Å². The van der Waals surface area contributed by atoms with Crippen molar-refractivity contribution in [2.24, 2.45) is 7.05 Å². The molecular formula is C17H18N4O3. The first-order valence-electron chi connectivity index (χ1n) is 7.66. The van der Waals surface area contributed by atoms with Gasteiger partial charge in [-0.3, -0.25) is 14.4 Å². The Labute approximate surface area is 138 Å². The normalized spacial score (nSPS) is 14.2. The number of carbonyl (C=O) groups is 2. The van der Waals surface area contributed by atoms with Gasteiger partial charge in [0, 0.05) is 25.5 Å².